The number of nitrogens with one attached hydrogen (secondary N) is 2. The zero-order valence-corrected chi connectivity index (χ0v) is 20.0. The summed E-state index contributed by atoms with van der Waals surface area (Å²) in [6, 6.07) is 10.7. The van der Waals surface area contributed by atoms with Crippen molar-refractivity contribution in [1.82, 2.24) is 9.29 Å². The van der Waals surface area contributed by atoms with Crippen LogP contribution in [-0.4, -0.2) is 36.9 Å². The molecule has 0 spiro atoms. The number of hydrogen-bond donors (Lipinski definition) is 2. The van der Waals surface area contributed by atoms with E-state index in [4.69, 9.17) is 4.42 Å². The molecule has 0 saturated heterocycles. The fourth-order valence-electron chi connectivity index (χ4n) is 3.20. The Hall–Kier alpha value is -2.56. The summed E-state index contributed by atoms with van der Waals surface area (Å²) in [7, 11) is -2.49. The normalized spacial score (nSPS) is 12.9. The van der Waals surface area contributed by atoms with Gasteiger partial charge >= 0.3 is 5.76 Å². The van der Waals surface area contributed by atoms with Gasteiger partial charge in [0.05, 0.1) is 10.4 Å². The van der Waals surface area contributed by atoms with Gasteiger partial charge in [-0.1, -0.05) is 26.0 Å². The fraction of sp³-hybridized carbons (Fsp3) is 0.364. The number of hydrogen-bond acceptors (Lipinski definition) is 6. The summed E-state index contributed by atoms with van der Waals surface area (Å²) >= 11 is 1.52. The second-order valence-electron chi connectivity index (χ2n) is 7.78. The molecule has 0 aliphatic carbocycles. The highest BCUT2D eigenvalue weighted by atomic mass is 32.2. The average molecular weight is 478 g/mol. The third-order valence-electron chi connectivity index (χ3n) is 5.14. The number of aromatic nitrogens is 1. The van der Waals surface area contributed by atoms with Crippen LogP contribution in [0, 0.1) is 0 Å². The number of sulfonamides is 1. The molecule has 0 fully saturated rings. The van der Waals surface area contributed by atoms with Crippen LogP contribution >= 0.6 is 11.8 Å². The molecule has 1 unspecified atom stereocenters. The minimum Gasteiger partial charge on any atom is -0.408 e. The molecule has 2 aromatic carbocycles. The maximum atomic E-state index is 13.0. The lowest BCUT2D eigenvalue weighted by Gasteiger charge is -2.18. The molecule has 1 heterocycles. The first-order valence-electron chi connectivity index (χ1n) is 10.1. The van der Waals surface area contributed by atoms with Gasteiger partial charge in [-0.25, -0.2) is 13.2 Å². The topological polar surface area (TPSA) is 110 Å². The van der Waals surface area contributed by atoms with Crippen LogP contribution in [0.2, 0.25) is 0 Å². The van der Waals surface area contributed by atoms with Crippen LogP contribution in [0.3, 0.4) is 0 Å². The Morgan fingerprint density at radius 2 is 1.84 bits per heavy atom. The van der Waals surface area contributed by atoms with Crippen molar-refractivity contribution >= 4 is 44.5 Å². The lowest BCUT2D eigenvalue weighted by Crippen LogP contribution is -2.44. The van der Waals surface area contributed by atoms with E-state index in [-0.39, 0.29) is 10.5 Å². The van der Waals surface area contributed by atoms with Crippen LogP contribution in [-0.2, 0) is 21.9 Å². The van der Waals surface area contributed by atoms with Gasteiger partial charge < -0.3 is 9.73 Å². The zero-order valence-electron chi connectivity index (χ0n) is 18.4. The van der Waals surface area contributed by atoms with E-state index in [9.17, 15) is 18.0 Å². The number of carbonyl (C=O) groups is 1. The first-order valence-corrected chi connectivity index (χ1v) is 13.0. The molecule has 1 amide bonds. The predicted octanol–water partition coefficient (Wildman–Crippen LogP) is 3.29. The SMILES string of the molecule is CSCCC(NS(=O)(=O)c1ccc2c(c1)oc(=O)n2C)C(=O)Nc1ccc(C(C)C)cc1. The number of aryl methyl sites for hydroxylation is 1. The van der Waals surface area contributed by atoms with E-state index in [1.165, 1.54) is 41.6 Å². The summed E-state index contributed by atoms with van der Waals surface area (Å²) in [6.45, 7) is 4.16. The summed E-state index contributed by atoms with van der Waals surface area (Å²) in [4.78, 5) is 24.5. The summed E-state index contributed by atoms with van der Waals surface area (Å²) in [5.41, 5.74) is 2.39. The van der Waals surface area contributed by atoms with E-state index in [0.29, 0.717) is 29.3 Å². The third kappa shape index (κ3) is 5.43. The van der Waals surface area contributed by atoms with Crippen molar-refractivity contribution in [3.8, 4) is 0 Å². The monoisotopic (exact) mass is 477 g/mol. The van der Waals surface area contributed by atoms with Crippen LogP contribution in [0.25, 0.3) is 11.1 Å². The number of fused-ring (bicyclic) bond motifs is 1. The molecule has 0 aliphatic heterocycles. The number of carbonyl (C=O) groups excluding carboxylic acids is 1. The summed E-state index contributed by atoms with van der Waals surface area (Å²) in [5.74, 6) is -0.0535. The molecule has 3 rings (SSSR count). The van der Waals surface area contributed by atoms with E-state index in [0.717, 1.165) is 5.56 Å². The smallest absolute Gasteiger partial charge is 0.408 e. The summed E-state index contributed by atoms with van der Waals surface area (Å²) < 4.78 is 34.9. The van der Waals surface area contributed by atoms with Crippen molar-refractivity contribution < 1.29 is 17.6 Å². The van der Waals surface area contributed by atoms with Crippen molar-refractivity contribution in [3.05, 3.63) is 58.6 Å². The van der Waals surface area contributed by atoms with Gasteiger partial charge in [0, 0.05) is 18.8 Å². The Bertz CT molecular complexity index is 1260. The highest BCUT2D eigenvalue weighted by molar-refractivity contribution is 7.98. The van der Waals surface area contributed by atoms with E-state index >= 15 is 0 Å². The maximum absolute atomic E-state index is 13.0. The molecule has 3 aromatic rings. The number of nitrogens with zero attached hydrogens (tertiary/aromatic N) is 1. The second kappa shape index (κ2) is 9.93. The molecule has 0 bridgehead atoms. The fourth-order valence-corrected chi connectivity index (χ4v) is 4.91. The van der Waals surface area contributed by atoms with Gasteiger partial charge in [-0.2, -0.15) is 16.5 Å². The molecule has 172 valence electrons. The number of anilines is 1. The first kappa shape index (κ1) is 24.1. The largest absolute Gasteiger partial charge is 0.419 e. The van der Waals surface area contributed by atoms with Gasteiger partial charge in [-0.3, -0.25) is 9.36 Å². The van der Waals surface area contributed by atoms with Gasteiger partial charge in [0.2, 0.25) is 15.9 Å². The predicted molar refractivity (Wildman–Crippen MR) is 128 cm³/mol. The second-order valence-corrected chi connectivity index (χ2v) is 10.5. The lowest BCUT2D eigenvalue weighted by atomic mass is 10.0. The standard InChI is InChI=1S/C22H27N3O5S2/c1-14(2)15-5-7-16(8-6-15)23-21(26)18(11-12-31-4)24-32(28,29)17-9-10-19-20(13-17)30-22(27)25(19)3/h5-10,13-14,18,24H,11-12H2,1-4H3,(H,23,26). The molecule has 2 N–H and O–H groups in total. The summed E-state index contributed by atoms with van der Waals surface area (Å²) in [5, 5.41) is 2.79. The van der Waals surface area contributed by atoms with E-state index in [1.807, 2.05) is 18.4 Å². The van der Waals surface area contributed by atoms with Crippen molar-refractivity contribution in [1.29, 1.82) is 0 Å². The van der Waals surface area contributed by atoms with Crippen molar-refractivity contribution in [2.24, 2.45) is 7.05 Å². The Balaban J connectivity index is 1.81. The highest BCUT2D eigenvalue weighted by Crippen LogP contribution is 2.20. The average Bonchev–Trinajstić information content (AvgIpc) is 3.04. The molecule has 1 aromatic heterocycles. The maximum Gasteiger partial charge on any atom is 0.419 e. The number of oxazole rings is 1. The van der Waals surface area contributed by atoms with Gasteiger partial charge in [-0.05, 0) is 54.2 Å². The van der Waals surface area contributed by atoms with Gasteiger partial charge in [0.15, 0.2) is 5.58 Å². The molecule has 0 saturated carbocycles. The van der Waals surface area contributed by atoms with Crippen LogP contribution < -0.4 is 15.8 Å². The minimum absolute atomic E-state index is 0.0809. The van der Waals surface area contributed by atoms with Crippen molar-refractivity contribution in [2.45, 2.75) is 37.1 Å². The molecule has 10 heteroatoms. The number of amides is 1. The van der Waals surface area contributed by atoms with Crippen LogP contribution in [0.15, 0.2) is 56.6 Å². The molecular formula is C22H27N3O5S2. The Kier molecular flexibility index (Phi) is 7.47. The van der Waals surface area contributed by atoms with E-state index in [2.05, 4.69) is 23.9 Å². The van der Waals surface area contributed by atoms with Gasteiger partial charge in [0.1, 0.15) is 6.04 Å². The van der Waals surface area contributed by atoms with E-state index < -0.39 is 27.7 Å². The van der Waals surface area contributed by atoms with Gasteiger partial charge in [0.25, 0.3) is 0 Å². The third-order valence-corrected chi connectivity index (χ3v) is 7.26. The zero-order chi connectivity index (χ0) is 23.5. The Morgan fingerprint density at radius 1 is 1.16 bits per heavy atom. The first-order chi connectivity index (χ1) is 15.1. The molecular weight excluding hydrogens is 450 g/mol. The molecule has 32 heavy (non-hydrogen) atoms. The van der Waals surface area contributed by atoms with Crippen molar-refractivity contribution in [3.63, 3.8) is 0 Å². The molecule has 0 radical (unpaired) electrons. The van der Waals surface area contributed by atoms with Crippen LogP contribution in [0.5, 0.6) is 0 Å². The van der Waals surface area contributed by atoms with Gasteiger partial charge in [-0.15, -0.1) is 0 Å². The van der Waals surface area contributed by atoms with Crippen molar-refractivity contribution in [2.75, 3.05) is 17.3 Å². The van der Waals surface area contributed by atoms with Crippen LogP contribution in [0.1, 0.15) is 31.7 Å². The van der Waals surface area contributed by atoms with E-state index in [1.54, 1.807) is 12.1 Å². The molecule has 0 aliphatic rings. The highest BCUT2D eigenvalue weighted by Gasteiger charge is 2.26. The minimum atomic E-state index is -4.03. The van der Waals surface area contributed by atoms with Crippen LogP contribution in [0.4, 0.5) is 5.69 Å². The molecule has 8 nitrogen and oxygen atoms in total. The Morgan fingerprint density at radius 3 is 2.47 bits per heavy atom. The Labute approximate surface area is 191 Å². The number of thioether (sulfide) groups is 1. The quantitative estimate of drug-likeness (QED) is 0.489. The summed E-state index contributed by atoms with van der Waals surface area (Å²) in [6.07, 6.45) is 2.21. The number of rotatable bonds is 9. The lowest BCUT2D eigenvalue weighted by molar-refractivity contribution is -0.117. The molecule has 1 atom stereocenters. The number of benzene rings is 2.